The second-order valence-electron chi connectivity index (χ2n) is 4.38. The summed E-state index contributed by atoms with van der Waals surface area (Å²) >= 11 is 0. The highest BCUT2D eigenvalue weighted by molar-refractivity contribution is 5.81. The third-order valence-corrected chi connectivity index (χ3v) is 2.83. The van der Waals surface area contributed by atoms with Crippen LogP contribution in [0.5, 0.6) is 0 Å². The van der Waals surface area contributed by atoms with Gasteiger partial charge in [0.1, 0.15) is 18.3 Å². The average Bonchev–Trinajstić information content (AvgIpc) is 2.50. The van der Waals surface area contributed by atoms with Gasteiger partial charge in [0.05, 0.1) is 6.61 Å². The molecule has 1 aromatic rings. The highest BCUT2D eigenvalue weighted by Crippen LogP contribution is 2.06. The van der Waals surface area contributed by atoms with Crippen LogP contribution in [0.3, 0.4) is 0 Å². The van der Waals surface area contributed by atoms with E-state index >= 15 is 0 Å². The molecule has 7 heteroatoms. The molecule has 0 spiro atoms. The largest absolute Gasteiger partial charge is 0.394 e. The van der Waals surface area contributed by atoms with Gasteiger partial charge in [0.2, 0.25) is 0 Å². The van der Waals surface area contributed by atoms with Crippen molar-refractivity contribution in [3.8, 4) is 0 Å². The molecule has 0 fully saturated rings. The number of amides is 1. The first-order valence-corrected chi connectivity index (χ1v) is 6.12. The standard InChI is InChI=1S/C13H19NO6/c15-7-9(16)10(17)11(18)12(19)13(20)14-6-8-4-2-1-3-5-8/h1-5,9-12,15-19H,6-7H2,(H,14,20). The molecule has 1 amide bonds. The summed E-state index contributed by atoms with van der Waals surface area (Å²) in [4.78, 5) is 11.6. The molecule has 0 radical (unpaired) electrons. The predicted octanol–water partition coefficient (Wildman–Crippen LogP) is -2.26. The van der Waals surface area contributed by atoms with Gasteiger partial charge in [-0.25, -0.2) is 0 Å². The number of aliphatic hydroxyl groups is 5. The van der Waals surface area contributed by atoms with E-state index in [4.69, 9.17) is 10.2 Å². The number of rotatable bonds is 7. The Kier molecular flexibility index (Phi) is 6.56. The molecule has 7 nitrogen and oxygen atoms in total. The summed E-state index contributed by atoms with van der Waals surface area (Å²) in [6.07, 6.45) is -7.26. The van der Waals surface area contributed by atoms with Crippen molar-refractivity contribution >= 4 is 5.91 Å². The minimum atomic E-state index is -1.91. The monoisotopic (exact) mass is 285 g/mol. The third-order valence-electron chi connectivity index (χ3n) is 2.83. The van der Waals surface area contributed by atoms with Gasteiger partial charge in [0, 0.05) is 6.54 Å². The molecule has 20 heavy (non-hydrogen) atoms. The highest BCUT2D eigenvalue weighted by Gasteiger charge is 2.33. The van der Waals surface area contributed by atoms with Crippen LogP contribution in [0.15, 0.2) is 30.3 Å². The maximum Gasteiger partial charge on any atom is 0.251 e. The van der Waals surface area contributed by atoms with Gasteiger partial charge in [-0.05, 0) is 5.56 Å². The van der Waals surface area contributed by atoms with Crippen molar-refractivity contribution in [2.24, 2.45) is 0 Å². The highest BCUT2D eigenvalue weighted by atomic mass is 16.4. The zero-order valence-electron chi connectivity index (χ0n) is 10.8. The van der Waals surface area contributed by atoms with Crippen LogP contribution >= 0.6 is 0 Å². The first kappa shape index (κ1) is 16.5. The molecule has 0 aromatic heterocycles. The Morgan fingerprint density at radius 2 is 1.65 bits per heavy atom. The lowest BCUT2D eigenvalue weighted by molar-refractivity contribution is -0.149. The second-order valence-corrected chi connectivity index (χ2v) is 4.38. The summed E-state index contributed by atoms with van der Waals surface area (Å²) in [5.74, 6) is -0.884. The molecule has 112 valence electrons. The normalized spacial score (nSPS) is 17.1. The van der Waals surface area contributed by atoms with Crippen molar-refractivity contribution in [3.05, 3.63) is 35.9 Å². The summed E-state index contributed by atoms with van der Waals surface area (Å²) < 4.78 is 0. The molecule has 0 heterocycles. The SMILES string of the molecule is O=C(NCc1ccccc1)C(O)C(O)C(O)C(O)CO. The zero-order chi connectivity index (χ0) is 15.1. The topological polar surface area (TPSA) is 130 Å². The Morgan fingerprint density at radius 1 is 1.05 bits per heavy atom. The molecule has 0 aliphatic heterocycles. The van der Waals surface area contributed by atoms with E-state index < -0.39 is 36.9 Å². The predicted molar refractivity (Wildman–Crippen MR) is 69.4 cm³/mol. The fourth-order valence-corrected chi connectivity index (χ4v) is 1.57. The van der Waals surface area contributed by atoms with E-state index in [-0.39, 0.29) is 6.54 Å². The van der Waals surface area contributed by atoms with Gasteiger partial charge >= 0.3 is 0 Å². The Balaban J connectivity index is 2.50. The van der Waals surface area contributed by atoms with Crippen LogP contribution in [0.1, 0.15) is 5.56 Å². The summed E-state index contributed by atoms with van der Waals surface area (Å²) in [6.45, 7) is -0.640. The molecule has 1 aromatic carbocycles. The van der Waals surface area contributed by atoms with Crippen molar-refractivity contribution in [1.82, 2.24) is 5.32 Å². The fourth-order valence-electron chi connectivity index (χ4n) is 1.57. The Bertz CT molecular complexity index is 413. The lowest BCUT2D eigenvalue weighted by atomic mass is 10.0. The van der Waals surface area contributed by atoms with Crippen LogP contribution in [0.2, 0.25) is 0 Å². The Hall–Kier alpha value is -1.51. The molecule has 6 N–H and O–H groups in total. The molecule has 0 aliphatic carbocycles. The number of hydrogen-bond acceptors (Lipinski definition) is 6. The van der Waals surface area contributed by atoms with Crippen LogP contribution in [0, 0.1) is 0 Å². The van der Waals surface area contributed by atoms with Crippen molar-refractivity contribution in [1.29, 1.82) is 0 Å². The molecule has 0 bridgehead atoms. The van der Waals surface area contributed by atoms with Gasteiger partial charge in [0.15, 0.2) is 6.10 Å². The minimum Gasteiger partial charge on any atom is -0.394 e. The Morgan fingerprint density at radius 3 is 2.20 bits per heavy atom. The second kappa shape index (κ2) is 7.93. The van der Waals surface area contributed by atoms with Crippen molar-refractivity contribution in [2.75, 3.05) is 6.61 Å². The van der Waals surface area contributed by atoms with Crippen LogP contribution in [-0.4, -0.2) is 62.5 Å². The molecular weight excluding hydrogens is 266 g/mol. The van der Waals surface area contributed by atoms with E-state index in [1.54, 1.807) is 24.3 Å². The maximum atomic E-state index is 11.6. The number of aliphatic hydroxyl groups excluding tert-OH is 5. The quantitative estimate of drug-likeness (QED) is 0.335. The van der Waals surface area contributed by atoms with Crippen molar-refractivity contribution in [3.63, 3.8) is 0 Å². The van der Waals surface area contributed by atoms with Crippen LogP contribution < -0.4 is 5.32 Å². The summed E-state index contributed by atoms with van der Waals surface area (Å²) in [6, 6.07) is 8.93. The molecule has 0 aliphatic rings. The van der Waals surface area contributed by atoms with E-state index in [0.29, 0.717) is 0 Å². The molecule has 4 atom stereocenters. The maximum absolute atomic E-state index is 11.6. The van der Waals surface area contributed by atoms with E-state index in [1.807, 2.05) is 6.07 Å². The van der Waals surface area contributed by atoms with E-state index in [9.17, 15) is 20.1 Å². The number of carbonyl (C=O) groups excluding carboxylic acids is 1. The van der Waals surface area contributed by atoms with E-state index in [2.05, 4.69) is 5.32 Å². The molecule has 1 rings (SSSR count). The first-order valence-electron chi connectivity index (χ1n) is 6.12. The van der Waals surface area contributed by atoms with Gasteiger partial charge in [-0.1, -0.05) is 30.3 Å². The third kappa shape index (κ3) is 4.55. The number of benzene rings is 1. The number of hydrogen-bond donors (Lipinski definition) is 6. The fraction of sp³-hybridized carbons (Fsp3) is 0.462. The minimum absolute atomic E-state index is 0.155. The van der Waals surface area contributed by atoms with Crippen molar-refractivity contribution in [2.45, 2.75) is 31.0 Å². The number of nitrogens with one attached hydrogen (secondary N) is 1. The van der Waals surface area contributed by atoms with Gasteiger partial charge in [-0.3, -0.25) is 4.79 Å². The summed E-state index contributed by atoms with van der Waals surface area (Å²) in [5, 5.41) is 48.6. The summed E-state index contributed by atoms with van der Waals surface area (Å²) in [7, 11) is 0. The summed E-state index contributed by atoms with van der Waals surface area (Å²) in [5.41, 5.74) is 0.804. The van der Waals surface area contributed by atoms with Crippen molar-refractivity contribution < 1.29 is 30.3 Å². The van der Waals surface area contributed by atoms with E-state index in [0.717, 1.165) is 5.56 Å². The van der Waals surface area contributed by atoms with E-state index in [1.165, 1.54) is 0 Å². The average molecular weight is 285 g/mol. The van der Waals surface area contributed by atoms with Gasteiger partial charge in [-0.15, -0.1) is 0 Å². The zero-order valence-corrected chi connectivity index (χ0v) is 10.8. The Labute approximate surface area is 116 Å². The molecule has 0 saturated heterocycles. The molecular formula is C13H19NO6. The first-order chi connectivity index (χ1) is 9.47. The van der Waals surface area contributed by atoms with Gasteiger partial charge < -0.3 is 30.8 Å². The van der Waals surface area contributed by atoms with Crippen LogP contribution in [0.4, 0.5) is 0 Å². The smallest absolute Gasteiger partial charge is 0.251 e. The molecule has 0 saturated carbocycles. The van der Waals surface area contributed by atoms with Crippen LogP contribution in [0.25, 0.3) is 0 Å². The lowest BCUT2D eigenvalue weighted by Crippen LogP contribution is -2.51. The van der Waals surface area contributed by atoms with Crippen LogP contribution in [-0.2, 0) is 11.3 Å². The molecule has 4 unspecified atom stereocenters. The van der Waals surface area contributed by atoms with Gasteiger partial charge in [0.25, 0.3) is 5.91 Å². The lowest BCUT2D eigenvalue weighted by Gasteiger charge is -2.24. The number of carbonyl (C=O) groups is 1. The van der Waals surface area contributed by atoms with Gasteiger partial charge in [-0.2, -0.15) is 0 Å².